The van der Waals surface area contributed by atoms with Gasteiger partial charge in [0.25, 0.3) is 5.91 Å². The summed E-state index contributed by atoms with van der Waals surface area (Å²) in [5.41, 5.74) is -0.796. The molecule has 0 N–H and O–H groups in total. The maximum atomic E-state index is 14.3. The van der Waals surface area contributed by atoms with Crippen LogP contribution in [-0.2, 0) is 16.2 Å². The van der Waals surface area contributed by atoms with Gasteiger partial charge in [-0.1, -0.05) is 13.8 Å². The Labute approximate surface area is 189 Å². The first-order valence-corrected chi connectivity index (χ1v) is 11.8. The van der Waals surface area contributed by atoms with Crippen molar-refractivity contribution in [3.8, 4) is 0 Å². The van der Waals surface area contributed by atoms with Crippen LogP contribution in [0.3, 0.4) is 0 Å². The zero-order chi connectivity index (χ0) is 24.4. The summed E-state index contributed by atoms with van der Waals surface area (Å²) >= 11 is 0. The molecule has 0 atom stereocenters. The number of piperazine rings is 1. The normalized spacial score (nSPS) is 15.2. The van der Waals surface area contributed by atoms with Crippen LogP contribution in [0.15, 0.2) is 41.4 Å². The second-order valence-electron chi connectivity index (χ2n) is 7.42. The smallest absolute Gasteiger partial charge is 0.353 e. The van der Waals surface area contributed by atoms with Gasteiger partial charge in [-0.05, 0) is 30.3 Å². The van der Waals surface area contributed by atoms with Crippen molar-refractivity contribution in [3.63, 3.8) is 0 Å². The number of benzene rings is 1. The molecule has 180 valence electrons. The molecule has 7 nitrogen and oxygen atoms in total. The lowest BCUT2D eigenvalue weighted by Gasteiger charge is -2.35. The van der Waals surface area contributed by atoms with E-state index in [9.17, 15) is 30.8 Å². The fourth-order valence-electron chi connectivity index (χ4n) is 3.60. The Morgan fingerprint density at radius 1 is 1.06 bits per heavy atom. The summed E-state index contributed by atoms with van der Waals surface area (Å²) in [4.78, 5) is 19.5. The molecule has 0 spiro atoms. The Hall–Kier alpha value is -2.73. The number of rotatable bonds is 6. The van der Waals surface area contributed by atoms with Crippen molar-refractivity contribution in [2.75, 3.05) is 44.2 Å². The van der Waals surface area contributed by atoms with Crippen molar-refractivity contribution in [1.82, 2.24) is 14.2 Å². The lowest BCUT2D eigenvalue weighted by molar-refractivity contribution is -0.137. The Bertz CT molecular complexity index is 1100. The van der Waals surface area contributed by atoms with E-state index in [4.69, 9.17) is 0 Å². The van der Waals surface area contributed by atoms with Crippen LogP contribution in [0.1, 0.15) is 29.8 Å². The number of alkyl halides is 3. The number of nitrogens with zero attached hydrogens (tertiary/aromatic N) is 4. The van der Waals surface area contributed by atoms with Crippen molar-refractivity contribution < 1.29 is 30.8 Å². The molecule has 1 amide bonds. The molecule has 1 saturated heterocycles. The van der Waals surface area contributed by atoms with E-state index in [0.717, 1.165) is 28.7 Å². The lowest BCUT2D eigenvalue weighted by Crippen LogP contribution is -2.49. The molecule has 0 bridgehead atoms. The van der Waals surface area contributed by atoms with Crippen molar-refractivity contribution in [1.29, 1.82) is 0 Å². The highest BCUT2D eigenvalue weighted by molar-refractivity contribution is 7.89. The summed E-state index contributed by atoms with van der Waals surface area (Å²) in [5, 5.41) is 0. The molecule has 12 heteroatoms. The van der Waals surface area contributed by atoms with Crippen molar-refractivity contribution in [2.24, 2.45) is 0 Å². The van der Waals surface area contributed by atoms with Gasteiger partial charge in [-0.15, -0.1) is 0 Å². The van der Waals surface area contributed by atoms with Gasteiger partial charge in [-0.2, -0.15) is 17.5 Å². The van der Waals surface area contributed by atoms with E-state index in [1.165, 1.54) is 17.0 Å². The van der Waals surface area contributed by atoms with E-state index in [2.05, 4.69) is 4.98 Å². The zero-order valence-corrected chi connectivity index (χ0v) is 19.0. The van der Waals surface area contributed by atoms with Crippen molar-refractivity contribution in [3.05, 3.63) is 53.5 Å². The second kappa shape index (κ2) is 9.64. The van der Waals surface area contributed by atoms with E-state index in [1.807, 2.05) is 0 Å². The van der Waals surface area contributed by atoms with E-state index >= 15 is 0 Å². The van der Waals surface area contributed by atoms with Gasteiger partial charge in [-0.3, -0.25) is 4.79 Å². The number of halogens is 4. The highest BCUT2D eigenvalue weighted by Crippen LogP contribution is 2.29. The molecule has 0 unspecified atom stereocenters. The molecular formula is C21H24F4N4O3S. The molecule has 1 aromatic heterocycles. The summed E-state index contributed by atoms with van der Waals surface area (Å²) in [6, 6.07) is 5.49. The number of hydrogen-bond acceptors (Lipinski definition) is 5. The van der Waals surface area contributed by atoms with Crippen LogP contribution >= 0.6 is 0 Å². The summed E-state index contributed by atoms with van der Waals surface area (Å²) in [6.07, 6.45) is -3.70. The molecule has 2 aromatic rings. The average Bonchev–Trinajstić information content (AvgIpc) is 2.79. The molecule has 33 heavy (non-hydrogen) atoms. The lowest BCUT2D eigenvalue weighted by atomic mass is 10.1. The predicted molar refractivity (Wildman–Crippen MR) is 114 cm³/mol. The number of sulfonamides is 1. The summed E-state index contributed by atoms with van der Waals surface area (Å²) in [7, 11) is -4.09. The van der Waals surface area contributed by atoms with Gasteiger partial charge in [0.05, 0.1) is 5.56 Å². The van der Waals surface area contributed by atoms with Gasteiger partial charge in [0.2, 0.25) is 10.0 Å². The quantitative estimate of drug-likeness (QED) is 0.584. The standard InChI is InChI=1S/C21H24F4N4O3S/c1-3-29(4-2)33(31,32)18-13-15(5-7-17(18)22)20(30)28-11-9-27(10-12-28)19-8-6-16(14-26-19)21(23,24)25/h5-8,13-14H,3-4,9-12H2,1-2H3. The third-order valence-electron chi connectivity index (χ3n) is 5.47. The van der Waals surface area contributed by atoms with Crippen molar-refractivity contribution in [2.45, 2.75) is 24.9 Å². The molecule has 0 aliphatic carbocycles. The Balaban J connectivity index is 1.72. The molecular weight excluding hydrogens is 464 g/mol. The zero-order valence-electron chi connectivity index (χ0n) is 18.1. The highest BCUT2D eigenvalue weighted by Gasteiger charge is 2.32. The SMILES string of the molecule is CCN(CC)S(=O)(=O)c1cc(C(=O)N2CCN(c3ccc(C(F)(F)F)cn3)CC2)ccc1F. The van der Waals surface area contributed by atoms with E-state index in [1.54, 1.807) is 18.7 Å². The van der Waals surface area contributed by atoms with Gasteiger partial charge in [0.15, 0.2) is 0 Å². The van der Waals surface area contributed by atoms with Gasteiger partial charge >= 0.3 is 6.18 Å². The van der Waals surface area contributed by atoms with Crippen LogP contribution in [0.2, 0.25) is 0 Å². The van der Waals surface area contributed by atoms with Gasteiger partial charge in [0, 0.05) is 51.0 Å². The molecule has 1 aliphatic rings. The van der Waals surface area contributed by atoms with Gasteiger partial charge in [-0.25, -0.2) is 17.8 Å². The average molecular weight is 489 g/mol. The van der Waals surface area contributed by atoms with Crippen LogP contribution in [0.25, 0.3) is 0 Å². The molecule has 3 rings (SSSR count). The highest BCUT2D eigenvalue weighted by atomic mass is 32.2. The summed E-state index contributed by atoms with van der Waals surface area (Å²) in [6.45, 7) is 4.75. The Morgan fingerprint density at radius 2 is 1.70 bits per heavy atom. The molecule has 0 radical (unpaired) electrons. The minimum atomic E-state index is -4.47. The molecule has 2 heterocycles. The maximum absolute atomic E-state index is 14.3. The first-order valence-electron chi connectivity index (χ1n) is 10.4. The van der Waals surface area contributed by atoms with E-state index in [-0.39, 0.29) is 31.7 Å². The summed E-state index contributed by atoms with van der Waals surface area (Å²) < 4.78 is 79.0. The van der Waals surface area contributed by atoms with E-state index < -0.39 is 38.4 Å². The fourth-order valence-corrected chi connectivity index (χ4v) is 5.15. The molecule has 1 aliphatic heterocycles. The van der Waals surface area contributed by atoms with Gasteiger partial charge in [0.1, 0.15) is 16.5 Å². The molecule has 1 aromatic carbocycles. The maximum Gasteiger partial charge on any atom is 0.417 e. The Kier molecular flexibility index (Phi) is 7.27. The topological polar surface area (TPSA) is 73.8 Å². The third kappa shape index (κ3) is 5.27. The minimum Gasteiger partial charge on any atom is -0.353 e. The van der Waals surface area contributed by atoms with Crippen molar-refractivity contribution >= 4 is 21.7 Å². The number of carbonyl (C=O) groups is 1. The first-order chi connectivity index (χ1) is 15.5. The first kappa shape index (κ1) is 24.9. The summed E-state index contributed by atoms with van der Waals surface area (Å²) in [5.74, 6) is -1.02. The number of amides is 1. The van der Waals surface area contributed by atoms with Crippen LogP contribution < -0.4 is 4.90 Å². The van der Waals surface area contributed by atoms with Crippen LogP contribution in [0, 0.1) is 5.82 Å². The van der Waals surface area contributed by atoms with E-state index in [0.29, 0.717) is 18.9 Å². The monoisotopic (exact) mass is 488 g/mol. The number of pyridine rings is 1. The molecule has 0 saturated carbocycles. The second-order valence-corrected chi connectivity index (χ2v) is 9.32. The predicted octanol–water partition coefficient (Wildman–Crippen LogP) is 3.23. The Morgan fingerprint density at radius 3 is 2.21 bits per heavy atom. The minimum absolute atomic E-state index is 0.0447. The van der Waals surface area contributed by atoms with Crippen LogP contribution in [0.5, 0.6) is 0 Å². The number of hydrogen-bond donors (Lipinski definition) is 0. The van der Waals surface area contributed by atoms with Crippen LogP contribution in [-0.4, -0.2) is 67.8 Å². The number of carbonyl (C=O) groups excluding carboxylic acids is 1. The number of aromatic nitrogens is 1. The largest absolute Gasteiger partial charge is 0.417 e. The number of anilines is 1. The van der Waals surface area contributed by atoms with Crippen LogP contribution in [0.4, 0.5) is 23.4 Å². The van der Waals surface area contributed by atoms with Gasteiger partial charge < -0.3 is 9.80 Å². The molecule has 1 fully saturated rings. The fraction of sp³-hybridized carbons (Fsp3) is 0.429. The third-order valence-corrected chi connectivity index (χ3v) is 7.53.